The van der Waals surface area contributed by atoms with Crippen LogP contribution in [0.4, 0.5) is 11.4 Å². The minimum Gasteiger partial charge on any atom is -0.457 e. The molecule has 0 spiro atoms. The van der Waals surface area contributed by atoms with E-state index in [0.717, 1.165) is 9.48 Å². The summed E-state index contributed by atoms with van der Waals surface area (Å²) in [7, 11) is 0. The molecule has 0 bridgehead atoms. The number of hydrogen-bond acceptors (Lipinski definition) is 5. The Morgan fingerprint density at radius 3 is 2.43 bits per heavy atom. The number of rotatable bonds is 4. The summed E-state index contributed by atoms with van der Waals surface area (Å²) < 4.78 is 7.07. The van der Waals surface area contributed by atoms with E-state index in [4.69, 9.17) is 4.42 Å². The molecule has 150 valence electrons. The highest BCUT2D eigenvalue weighted by molar-refractivity contribution is 9.10. The highest BCUT2D eigenvalue weighted by Crippen LogP contribution is 2.33. The van der Waals surface area contributed by atoms with Crippen molar-refractivity contribution in [3.05, 3.63) is 85.0 Å². The van der Waals surface area contributed by atoms with Gasteiger partial charge in [-0.3, -0.25) is 25.1 Å². The smallest absolute Gasteiger partial charge is 0.282 e. The Morgan fingerprint density at radius 1 is 1.03 bits per heavy atom. The van der Waals surface area contributed by atoms with Crippen molar-refractivity contribution in [1.82, 2.24) is 5.43 Å². The summed E-state index contributed by atoms with van der Waals surface area (Å²) in [5.74, 6) is -0.320. The van der Waals surface area contributed by atoms with Crippen molar-refractivity contribution in [1.29, 1.82) is 0 Å². The first-order chi connectivity index (χ1) is 14.3. The number of nitro groups is 1. The first-order valence-corrected chi connectivity index (χ1v) is 10.1. The van der Waals surface area contributed by atoms with E-state index >= 15 is 0 Å². The second kappa shape index (κ2) is 7.88. The van der Waals surface area contributed by atoms with E-state index in [1.165, 1.54) is 18.2 Å². The number of anilines is 1. The molecular weight excluding hydrogens is 522 g/mol. The van der Waals surface area contributed by atoms with Gasteiger partial charge in [0.05, 0.1) is 10.6 Å². The van der Waals surface area contributed by atoms with Gasteiger partial charge in [-0.25, -0.2) is 5.01 Å². The van der Waals surface area contributed by atoms with E-state index < -0.39 is 16.7 Å². The molecule has 10 heteroatoms. The number of hydrogen-bond donors (Lipinski definition) is 1. The summed E-state index contributed by atoms with van der Waals surface area (Å²) in [4.78, 5) is 35.4. The van der Waals surface area contributed by atoms with E-state index in [0.29, 0.717) is 27.2 Å². The number of carbonyl (C=O) groups excluding carboxylic acids is 2. The quantitative estimate of drug-likeness (QED) is 0.224. The number of carbonyl (C=O) groups is 2. The van der Waals surface area contributed by atoms with Gasteiger partial charge in [0.25, 0.3) is 17.5 Å². The molecule has 0 atom stereocenters. The number of furan rings is 1. The molecule has 2 aromatic carbocycles. The molecule has 0 saturated carbocycles. The Hall–Kier alpha value is -3.24. The van der Waals surface area contributed by atoms with Gasteiger partial charge in [-0.05, 0) is 64.5 Å². The van der Waals surface area contributed by atoms with Crippen molar-refractivity contribution < 1.29 is 18.9 Å². The lowest BCUT2D eigenvalue weighted by Gasteiger charge is -2.14. The summed E-state index contributed by atoms with van der Waals surface area (Å²) in [5, 5.41) is 12.0. The van der Waals surface area contributed by atoms with Gasteiger partial charge in [0.15, 0.2) is 0 Å². The van der Waals surface area contributed by atoms with Crippen LogP contribution in [0.5, 0.6) is 0 Å². The van der Waals surface area contributed by atoms with Crippen LogP contribution in [0, 0.1) is 10.1 Å². The van der Waals surface area contributed by atoms with Crippen LogP contribution in [0.15, 0.2) is 73.5 Å². The summed E-state index contributed by atoms with van der Waals surface area (Å²) >= 11 is 6.62. The topological polar surface area (TPSA) is 106 Å². The first-order valence-electron chi connectivity index (χ1n) is 8.50. The molecule has 30 heavy (non-hydrogen) atoms. The average molecular weight is 533 g/mol. The molecule has 8 nitrogen and oxygen atoms in total. The molecule has 1 N–H and O–H groups in total. The fourth-order valence-electron chi connectivity index (χ4n) is 2.86. The Bertz CT molecular complexity index is 1220. The van der Waals surface area contributed by atoms with Crippen LogP contribution in [-0.4, -0.2) is 16.7 Å². The number of amides is 2. The summed E-state index contributed by atoms with van der Waals surface area (Å²) in [6.07, 6.45) is 1.36. The summed E-state index contributed by atoms with van der Waals surface area (Å²) in [6.45, 7) is 0. The predicted octanol–water partition coefficient (Wildman–Crippen LogP) is 4.84. The zero-order valence-corrected chi connectivity index (χ0v) is 18.1. The van der Waals surface area contributed by atoms with Crippen molar-refractivity contribution in [3.8, 4) is 11.3 Å². The van der Waals surface area contributed by atoms with Crippen LogP contribution in [0.1, 0.15) is 5.76 Å². The van der Waals surface area contributed by atoms with Crippen LogP contribution >= 0.6 is 31.9 Å². The molecule has 2 amide bonds. The number of non-ortho nitro benzene ring substituents is 1. The normalized spacial score (nSPS) is 15.0. The molecule has 3 aromatic rings. The fourth-order valence-corrected chi connectivity index (χ4v) is 3.69. The first kappa shape index (κ1) is 20.0. The average Bonchev–Trinajstić information content (AvgIpc) is 3.28. The van der Waals surface area contributed by atoms with Crippen molar-refractivity contribution >= 4 is 61.1 Å². The third-order valence-corrected chi connectivity index (χ3v) is 5.50. The van der Waals surface area contributed by atoms with Crippen molar-refractivity contribution in [3.63, 3.8) is 0 Å². The molecule has 4 rings (SSSR count). The van der Waals surface area contributed by atoms with Crippen molar-refractivity contribution in [2.24, 2.45) is 0 Å². The Kier molecular flexibility index (Phi) is 5.27. The van der Waals surface area contributed by atoms with Crippen molar-refractivity contribution in [2.75, 3.05) is 5.01 Å². The van der Waals surface area contributed by atoms with Gasteiger partial charge < -0.3 is 4.42 Å². The molecule has 0 aliphatic carbocycles. The van der Waals surface area contributed by atoms with Gasteiger partial charge in [0.2, 0.25) is 0 Å². The minimum absolute atomic E-state index is 0.0548. The summed E-state index contributed by atoms with van der Waals surface area (Å²) in [5.41, 5.74) is 3.52. The lowest BCUT2D eigenvalue weighted by atomic mass is 10.1. The molecule has 0 unspecified atom stereocenters. The van der Waals surface area contributed by atoms with Crippen LogP contribution < -0.4 is 10.4 Å². The third-order valence-electron chi connectivity index (χ3n) is 4.32. The maximum absolute atomic E-state index is 12.7. The number of hydrazine groups is 1. The van der Waals surface area contributed by atoms with E-state index in [2.05, 4.69) is 37.3 Å². The molecule has 1 saturated heterocycles. The number of nitro benzene ring substituents is 1. The van der Waals surface area contributed by atoms with E-state index in [-0.39, 0.29) is 11.3 Å². The number of halogens is 2. The number of benzene rings is 2. The van der Waals surface area contributed by atoms with Crippen LogP contribution in [0.3, 0.4) is 0 Å². The molecular formula is C20H11Br2N3O5. The van der Waals surface area contributed by atoms with E-state index in [9.17, 15) is 19.7 Å². The molecule has 1 aliphatic heterocycles. The van der Waals surface area contributed by atoms with Gasteiger partial charge in [-0.2, -0.15) is 0 Å². The van der Waals surface area contributed by atoms with Gasteiger partial charge in [-0.15, -0.1) is 0 Å². The molecule has 1 aliphatic rings. The minimum atomic E-state index is -0.544. The zero-order chi connectivity index (χ0) is 21.4. The van der Waals surface area contributed by atoms with Gasteiger partial charge >= 0.3 is 0 Å². The lowest BCUT2D eigenvalue weighted by molar-refractivity contribution is -0.384. The van der Waals surface area contributed by atoms with Gasteiger partial charge in [0, 0.05) is 26.6 Å². The third kappa shape index (κ3) is 3.79. The van der Waals surface area contributed by atoms with E-state index in [1.807, 2.05) is 0 Å². The standard InChI is InChI=1S/C20H11Br2N3O5/c21-11-1-3-12(4-2-11)24-20(27)16(19(26)23-24)10-14-6-8-18(30-14)15-7-5-13(25(28)29)9-17(15)22/h1-10H,(H,23,26)/b16-10-. The molecule has 1 fully saturated rings. The SMILES string of the molecule is O=C1NN(c2ccc(Br)cc2)C(=O)/C1=C\c1ccc(-c2ccc([N+](=O)[O-])cc2Br)o1. The van der Waals surface area contributed by atoms with Crippen molar-refractivity contribution in [2.45, 2.75) is 0 Å². The highest BCUT2D eigenvalue weighted by atomic mass is 79.9. The van der Waals surface area contributed by atoms with Crippen LogP contribution in [0.25, 0.3) is 17.4 Å². The van der Waals surface area contributed by atoms with Gasteiger partial charge in [0.1, 0.15) is 17.1 Å². The molecule has 1 aromatic heterocycles. The Labute approximate surface area is 186 Å². The van der Waals surface area contributed by atoms with Crippen LogP contribution in [-0.2, 0) is 9.59 Å². The molecule has 0 radical (unpaired) electrons. The fraction of sp³-hybridized carbons (Fsp3) is 0. The monoisotopic (exact) mass is 531 g/mol. The zero-order valence-electron chi connectivity index (χ0n) is 15.0. The number of nitrogens with zero attached hydrogens (tertiary/aromatic N) is 2. The Morgan fingerprint density at radius 2 is 1.77 bits per heavy atom. The largest absolute Gasteiger partial charge is 0.457 e. The van der Waals surface area contributed by atoms with Crippen LogP contribution in [0.2, 0.25) is 0 Å². The second-order valence-corrected chi connectivity index (χ2v) is 8.01. The van der Waals surface area contributed by atoms with E-state index in [1.54, 1.807) is 42.5 Å². The second-order valence-electron chi connectivity index (χ2n) is 6.24. The maximum Gasteiger partial charge on any atom is 0.282 e. The summed E-state index contributed by atoms with van der Waals surface area (Å²) in [6, 6.07) is 14.5. The maximum atomic E-state index is 12.7. The number of nitrogens with one attached hydrogen (secondary N) is 1. The highest BCUT2D eigenvalue weighted by Gasteiger charge is 2.34. The molecule has 2 heterocycles. The lowest BCUT2D eigenvalue weighted by Crippen LogP contribution is -2.35. The van der Waals surface area contributed by atoms with Gasteiger partial charge in [-0.1, -0.05) is 15.9 Å². The Balaban J connectivity index is 1.61. The predicted molar refractivity (Wildman–Crippen MR) is 116 cm³/mol.